The quantitative estimate of drug-likeness (QED) is 0.941. The Kier molecular flexibility index (Phi) is 3.74. The zero-order chi connectivity index (χ0) is 14.8. The van der Waals surface area contributed by atoms with Crippen molar-refractivity contribution in [2.45, 2.75) is 25.3 Å². The highest BCUT2D eigenvalue weighted by Gasteiger charge is 2.33. The molecule has 2 aromatic heterocycles. The summed E-state index contributed by atoms with van der Waals surface area (Å²) in [5.74, 6) is -1.26. The van der Waals surface area contributed by atoms with Crippen LogP contribution in [-0.2, 0) is 4.79 Å². The van der Waals surface area contributed by atoms with Crippen LogP contribution in [0.5, 0.6) is 0 Å². The van der Waals surface area contributed by atoms with E-state index >= 15 is 0 Å². The maximum Gasteiger partial charge on any atom is 0.326 e. The monoisotopic (exact) mass is 306 g/mol. The van der Waals surface area contributed by atoms with Gasteiger partial charge in [-0.1, -0.05) is 0 Å². The molecule has 1 saturated heterocycles. The SMILES string of the molecule is O=C(O)C1CCCCN1C(=O)c1csc(-c2ccoc2)n1. The first-order valence-corrected chi connectivity index (χ1v) is 7.56. The fourth-order valence-electron chi connectivity index (χ4n) is 2.47. The van der Waals surface area contributed by atoms with E-state index < -0.39 is 12.0 Å². The number of aromatic nitrogens is 1. The van der Waals surface area contributed by atoms with Gasteiger partial charge in [0.25, 0.3) is 5.91 Å². The zero-order valence-corrected chi connectivity index (χ0v) is 12.0. The molecule has 21 heavy (non-hydrogen) atoms. The molecule has 6 nitrogen and oxygen atoms in total. The second kappa shape index (κ2) is 5.69. The Balaban J connectivity index is 1.83. The van der Waals surface area contributed by atoms with Crippen molar-refractivity contribution in [1.82, 2.24) is 9.88 Å². The summed E-state index contributed by atoms with van der Waals surface area (Å²) in [4.78, 5) is 29.5. The standard InChI is InChI=1S/C14H14N2O4S/c17-13(16-5-2-1-3-11(16)14(18)19)10-8-21-12(15-10)9-4-6-20-7-9/h4,6-8,11H,1-3,5H2,(H,18,19). The van der Waals surface area contributed by atoms with Gasteiger partial charge in [-0.15, -0.1) is 11.3 Å². The molecule has 7 heteroatoms. The predicted octanol–water partition coefficient (Wildman–Crippen LogP) is 2.48. The van der Waals surface area contributed by atoms with Crippen LogP contribution in [0, 0.1) is 0 Å². The minimum Gasteiger partial charge on any atom is -0.480 e. The second-order valence-corrected chi connectivity index (χ2v) is 5.76. The number of carbonyl (C=O) groups excluding carboxylic acids is 1. The summed E-state index contributed by atoms with van der Waals surface area (Å²) >= 11 is 1.34. The first-order chi connectivity index (χ1) is 10.2. The highest BCUT2D eigenvalue weighted by Crippen LogP contribution is 2.26. The highest BCUT2D eigenvalue weighted by atomic mass is 32.1. The van der Waals surface area contributed by atoms with Gasteiger partial charge in [0, 0.05) is 17.5 Å². The molecule has 1 unspecified atom stereocenters. The fourth-order valence-corrected chi connectivity index (χ4v) is 3.25. The van der Waals surface area contributed by atoms with E-state index in [2.05, 4.69) is 4.98 Å². The Morgan fingerprint density at radius 2 is 2.29 bits per heavy atom. The molecule has 0 aromatic carbocycles. The van der Waals surface area contributed by atoms with Crippen molar-refractivity contribution in [2.75, 3.05) is 6.54 Å². The lowest BCUT2D eigenvalue weighted by Gasteiger charge is -2.32. The summed E-state index contributed by atoms with van der Waals surface area (Å²) in [6.07, 6.45) is 5.27. The number of rotatable bonds is 3. The molecule has 110 valence electrons. The van der Waals surface area contributed by atoms with Gasteiger partial charge in [0.05, 0.1) is 6.26 Å². The van der Waals surface area contributed by atoms with Crippen LogP contribution in [0.15, 0.2) is 28.4 Å². The number of carbonyl (C=O) groups is 2. The van der Waals surface area contributed by atoms with E-state index in [1.807, 2.05) is 0 Å². The lowest BCUT2D eigenvalue weighted by molar-refractivity contribution is -0.143. The number of likely N-dealkylation sites (tertiary alicyclic amines) is 1. The third-order valence-electron chi connectivity index (χ3n) is 3.54. The lowest BCUT2D eigenvalue weighted by Crippen LogP contribution is -2.48. The normalized spacial score (nSPS) is 18.7. The van der Waals surface area contributed by atoms with E-state index in [1.54, 1.807) is 24.0 Å². The highest BCUT2D eigenvalue weighted by molar-refractivity contribution is 7.13. The van der Waals surface area contributed by atoms with Crippen LogP contribution in [0.3, 0.4) is 0 Å². The molecule has 2 aromatic rings. The molecule has 0 aliphatic carbocycles. The van der Waals surface area contributed by atoms with Crippen LogP contribution in [0.25, 0.3) is 10.6 Å². The van der Waals surface area contributed by atoms with Crippen molar-refractivity contribution in [3.63, 3.8) is 0 Å². The molecule has 1 atom stereocenters. The van der Waals surface area contributed by atoms with Crippen LogP contribution in [-0.4, -0.2) is 39.5 Å². The molecule has 1 fully saturated rings. The van der Waals surface area contributed by atoms with Gasteiger partial charge in [0.15, 0.2) is 0 Å². The third-order valence-corrected chi connectivity index (χ3v) is 4.43. The Labute approximate surface area is 125 Å². The summed E-state index contributed by atoms with van der Waals surface area (Å²) in [5, 5.41) is 11.6. The smallest absolute Gasteiger partial charge is 0.326 e. The van der Waals surface area contributed by atoms with Crippen LogP contribution in [0.1, 0.15) is 29.8 Å². The van der Waals surface area contributed by atoms with Gasteiger partial charge < -0.3 is 14.4 Å². The number of piperidine rings is 1. The van der Waals surface area contributed by atoms with E-state index in [1.165, 1.54) is 16.2 Å². The Hall–Kier alpha value is -2.15. The van der Waals surface area contributed by atoms with Crippen LogP contribution < -0.4 is 0 Å². The molecule has 0 spiro atoms. The average molecular weight is 306 g/mol. The lowest BCUT2D eigenvalue weighted by atomic mass is 10.0. The van der Waals surface area contributed by atoms with Gasteiger partial charge in [-0.3, -0.25) is 4.79 Å². The first kappa shape index (κ1) is 13.8. The van der Waals surface area contributed by atoms with Crippen LogP contribution >= 0.6 is 11.3 Å². The third kappa shape index (κ3) is 2.69. The van der Waals surface area contributed by atoms with E-state index in [4.69, 9.17) is 4.42 Å². The van der Waals surface area contributed by atoms with Crippen LogP contribution in [0.4, 0.5) is 0 Å². The summed E-state index contributed by atoms with van der Waals surface area (Å²) in [5.41, 5.74) is 1.11. The summed E-state index contributed by atoms with van der Waals surface area (Å²) in [7, 11) is 0. The summed E-state index contributed by atoms with van der Waals surface area (Å²) in [6, 6.07) is 1.03. The van der Waals surface area contributed by atoms with Crippen molar-refractivity contribution in [3.8, 4) is 10.6 Å². The molecule has 1 aliphatic heterocycles. The molecule has 1 aliphatic rings. The molecule has 1 N–H and O–H groups in total. The number of aliphatic carboxylic acids is 1. The number of hydrogen-bond donors (Lipinski definition) is 1. The molecule has 0 radical (unpaired) electrons. The van der Waals surface area contributed by atoms with Gasteiger partial charge in [-0.2, -0.15) is 0 Å². The Morgan fingerprint density at radius 3 is 3.00 bits per heavy atom. The van der Waals surface area contributed by atoms with Crippen LogP contribution in [0.2, 0.25) is 0 Å². The van der Waals surface area contributed by atoms with Crippen molar-refractivity contribution < 1.29 is 19.1 Å². The topological polar surface area (TPSA) is 83.6 Å². The van der Waals surface area contributed by atoms with Crippen molar-refractivity contribution in [1.29, 1.82) is 0 Å². The fraction of sp³-hybridized carbons (Fsp3) is 0.357. The minimum atomic E-state index is -0.951. The molecule has 3 rings (SSSR count). The van der Waals surface area contributed by atoms with Gasteiger partial charge >= 0.3 is 5.97 Å². The van der Waals surface area contributed by atoms with Gasteiger partial charge in [0.2, 0.25) is 0 Å². The van der Waals surface area contributed by atoms with Crippen molar-refractivity contribution in [3.05, 3.63) is 29.7 Å². The number of furan rings is 1. The Bertz CT molecular complexity index is 650. The molecular weight excluding hydrogens is 292 g/mol. The molecule has 0 bridgehead atoms. The number of carboxylic acids is 1. The summed E-state index contributed by atoms with van der Waals surface area (Å²) < 4.78 is 5.00. The second-order valence-electron chi connectivity index (χ2n) is 4.90. The number of thiazole rings is 1. The summed E-state index contributed by atoms with van der Waals surface area (Å²) in [6.45, 7) is 0.467. The van der Waals surface area contributed by atoms with Gasteiger partial charge in [-0.05, 0) is 25.3 Å². The number of nitrogens with zero attached hydrogens (tertiary/aromatic N) is 2. The van der Waals surface area contributed by atoms with E-state index in [0.29, 0.717) is 23.7 Å². The van der Waals surface area contributed by atoms with E-state index in [9.17, 15) is 14.7 Å². The first-order valence-electron chi connectivity index (χ1n) is 6.68. The molecular formula is C14H14N2O4S. The maximum atomic E-state index is 12.5. The molecule has 1 amide bonds. The van der Waals surface area contributed by atoms with Crippen molar-refractivity contribution >= 4 is 23.2 Å². The van der Waals surface area contributed by atoms with Gasteiger partial charge in [-0.25, -0.2) is 9.78 Å². The van der Waals surface area contributed by atoms with E-state index in [0.717, 1.165) is 18.4 Å². The number of hydrogen-bond acceptors (Lipinski definition) is 5. The largest absolute Gasteiger partial charge is 0.480 e. The predicted molar refractivity (Wildman–Crippen MR) is 76.1 cm³/mol. The zero-order valence-electron chi connectivity index (χ0n) is 11.2. The number of amides is 1. The maximum absolute atomic E-state index is 12.5. The van der Waals surface area contributed by atoms with Crippen molar-refractivity contribution in [2.24, 2.45) is 0 Å². The average Bonchev–Trinajstić information content (AvgIpc) is 3.17. The van der Waals surface area contributed by atoms with Gasteiger partial charge in [0.1, 0.15) is 23.0 Å². The molecule has 0 saturated carbocycles. The van der Waals surface area contributed by atoms with E-state index in [-0.39, 0.29) is 5.91 Å². The number of carboxylic acid groups (broad SMARTS) is 1. The minimum absolute atomic E-state index is 0.296. The Morgan fingerprint density at radius 1 is 1.43 bits per heavy atom. The molecule has 3 heterocycles.